The topological polar surface area (TPSA) is 25.8 Å². The molecule has 0 fully saturated rings. The minimum atomic E-state index is 0.828. The van der Waals surface area contributed by atoms with E-state index in [-0.39, 0.29) is 0 Å². The van der Waals surface area contributed by atoms with Crippen molar-refractivity contribution < 1.29 is 0 Å². The van der Waals surface area contributed by atoms with Crippen molar-refractivity contribution in [2.75, 3.05) is 0 Å². The summed E-state index contributed by atoms with van der Waals surface area (Å²) in [5.74, 6) is 0.828. The first-order valence-corrected chi connectivity index (χ1v) is 9.18. The highest BCUT2D eigenvalue weighted by molar-refractivity contribution is 5.65. The second kappa shape index (κ2) is 8.06. The molecular weight excluding hydrogens is 304 g/mol. The molecule has 0 aliphatic rings. The van der Waals surface area contributed by atoms with Crippen LogP contribution in [0.4, 0.5) is 0 Å². The van der Waals surface area contributed by atoms with Crippen molar-refractivity contribution in [1.82, 2.24) is 9.97 Å². The second-order valence-corrected chi connectivity index (χ2v) is 6.76. The molecule has 0 saturated carbocycles. The lowest BCUT2D eigenvalue weighted by molar-refractivity contribution is 0.706. The fraction of sp³-hybridized carbons (Fsp3) is 0.304. The summed E-state index contributed by atoms with van der Waals surface area (Å²) in [6, 6.07) is 19.1. The van der Waals surface area contributed by atoms with Gasteiger partial charge in [0.2, 0.25) is 0 Å². The van der Waals surface area contributed by atoms with Gasteiger partial charge in [-0.15, -0.1) is 0 Å². The summed E-state index contributed by atoms with van der Waals surface area (Å²) in [5, 5.41) is 0. The number of nitrogens with zero attached hydrogens (tertiary/aromatic N) is 2. The van der Waals surface area contributed by atoms with Crippen molar-refractivity contribution in [3.05, 3.63) is 71.4 Å². The lowest BCUT2D eigenvalue weighted by Crippen LogP contribution is -1.99. The Balaban J connectivity index is 2.05. The maximum Gasteiger partial charge on any atom is 0.160 e. The van der Waals surface area contributed by atoms with Crippen LogP contribution in [-0.4, -0.2) is 9.97 Å². The van der Waals surface area contributed by atoms with E-state index in [1.54, 1.807) is 0 Å². The number of unbranched alkanes of at least 4 members (excludes halogenated alkanes) is 2. The van der Waals surface area contributed by atoms with Crippen LogP contribution in [0.25, 0.3) is 22.6 Å². The van der Waals surface area contributed by atoms with E-state index in [2.05, 4.69) is 75.4 Å². The Morgan fingerprint density at radius 1 is 0.760 bits per heavy atom. The molecule has 1 aromatic heterocycles. The highest BCUT2D eigenvalue weighted by Gasteiger charge is 2.09. The molecule has 0 amide bonds. The first-order valence-electron chi connectivity index (χ1n) is 9.18. The summed E-state index contributed by atoms with van der Waals surface area (Å²) in [7, 11) is 0. The van der Waals surface area contributed by atoms with Gasteiger partial charge in [-0.1, -0.05) is 67.3 Å². The summed E-state index contributed by atoms with van der Waals surface area (Å²) in [6.07, 6.45) is 4.64. The Bertz CT molecular complexity index is 788. The molecule has 25 heavy (non-hydrogen) atoms. The molecule has 3 rings (SSSR count). The van der Waals surface area contributed by atoms with Crippen LogP contribution in [0.5, 0.6) is 0 Å². The van der Waals surface area contributed by atoms with Gasteiger partial charge in [0.05, 0.1) is 5.69 Å². The lowest BCUT2D eigenvalue weighted by Gasteiger charge is -2.10. The van der Waals surface area contributed by atoms with Gasteiger partial charge < -0.3 is 0 Å². The normalized spacial score (nSPS) is 10.8. The van der Waals surface area contributed by atoms with Crippen LogP contribution in [0.2, 0.25) is 0 Å². The Labute approximate surface area is 151 Å². The molecule has 2 nitrogen and oxygen atoms in total. The van der Waals surface area contributed by atoms with Gasteiger partial charge in [0.15, 0.2) is 5.82 Å². The average molecular weight is 330 g/mol. The van der Waals surface area contributed by atoms with Crippen LogP contribution in [-0.2, 0) is 6.42 Å². The van der Waals surface area contributed by atoms with Gasteiger partial charge in [-0.05, 0) is 44.9 Å². The van der Waals surface area contributed by atoms with Gasteiger partial charge in [0, 0.05) is 16.8 Å². The Morgan fingerprint density at radius 2 is 1.44 bits per heavy atom. The zero-order valence-electron chi connectivity index (χ0n) is 15.4. The lowest BCUT2D eigenvalue weighted by atomic mass is 10.1. The first kappa shape index (κ1) is 17.3. The fourth-order valence-corrected chi connectivity index (χ4v) is 3.05. The third kappa shape index (κ3) is 4.54. The molecule has 0 radical (unpaired) electrons. The Morgan fingerprint density at radius 3 is 2.12 bits per heavy atom. The molecule has 128 valence electrons. The van der Waals surface area contributed by atoms with Gasteiger partial charge in [0.25, 0.3) is 0 Å². The Hall–Kier alpha value is -2.48. The van der Waals surface area contributed by atoms with Crippen molar-refractivity contribution in [1.29, 1.82) is 0 Å². The van der Waals surface area contributed by atoms with Crippen LogP contribution in [0, 0.1) is 13.8 Å². The maximum atomic E-state index is 4.87. The number of benzene rings is 2. The van der Waals surface area contributed by atoms with E-state index in [0.717, 1.165) is 34.8 Å². The third-order valence-electron chi connectivity index (χ3n) is 4.41. The molecule has 0 N–H and O–H groups in total. The summed E-state index contributed by atoms with van der Waals surface area (Å²) in [6.45, 7) is 6.46. The molecule has 0 aliphatic heterocycles. The number of rotatable bonds is 6. The Kier molecular flexibility index (Phi) is 5.60. The predicted octanol–water partition coefficient (Wildman–Crippen LogP) is 6.16. The minimum absolute atomic E-state index is 0.828. The van der Waals surface area contributed by atoms with Crippen LogP contribution in [0.15, 0.2) is 54.6 Å². The van der Waals surface area contributed by atoms with Crippen molar-refractivity contribution in [2.45, 2.75) is 46.5 Å². The SMILES string of the molecule is CCCCCc1cc(-c2cccc(C)c2)nc(-c2cccc(C)c2)n1. The van der Waals surface area contributed by atoms with Crippen LogP contribution >= 0.6 is 0 Å². The maximum absolute atomic E-state index is 4.87. The highest BCUT2D eigenvalue weighted by atomic mass is 14.9. The second-order valence-electron chi connectivity index (χ2n) is 6.76. The summed E-state index contributed by atoms with van der Waals surface area (Å²) >= 11 is 0. The van der Waals surface area contributed by atoms with Crippen molar-refractivity contribution >= 4 is 0 Å². The highest BCUT2D eigenvalue weighted by Crippen LogP contribution is 2.24. The number of aryl methyl sites for hydroxylation is 3. The predicted molar refractivity (Wildman–Crippen MR) is 106 cm³/mol. The minimum Gasteiger partial charge on any atom is -0.233 e. The number of aromatic nitrogens is 2. The zero-order chi connectivity index (χ0) is 17.6. The van der Waals surface area contributed by atoms with E-state index in [0.29, 0.717) is 0 Å². The number of hydrogen-bond donors (Lipinski definition) is 0. The van der Waals surface area contributed by atoms with E-state index in [1.165, 1.54) is 30.4 Å². The van der Waals surface area contributed by atoms with Gasteiger partial charge in [-0.25, -0.2) is 9.97 Å². The third-order valence-corrected chi connectivity index (χ3v) is 4.41. The molecule has 3 aromatic rings. The summed E-state index contributed by atoms with van der Waals surface area (Å²) in [4.78, 5) is 9.73. The van der Waals surface area contributed by atoms with Crippen molar-refractivity contribution in [2.24, 2.45) is 0 Å². The van der Waals surface area contributed by atoms with Crippen molar-refractivity contribution in [3.8, 4) is 22.6 Å². The molecule has 0 atom stereocenters. The van der Waals surface area contributed by atoms with Crippen molar-refractivity contribution in [3.63, 3.8) is 0 Å². The molecule has 0 saturated heterocycles. The van der Waals surface area contributed by atoms with E-state index in [4.69, 9.17) is 9.97 Å². The molecule has 0 aliphatic carbocycles. The van der Waals surface area contributed by atoms with Gasteiger partial charge in [-0.3, -0.25) is 0 Å². The van der Waals surface area contributed by atoms with Crippen LogP contribution in [0.1, 0.15) is 43.0 Å². The fourth-order valence-electron chi connectivity index (χ4n) is 3.05. The molecule has 0 unspecified atom stereocenters. The first-order chi connectivity index (χ1) is 12.2. The van der Waals surface area contributed by atoms with Gasteiger partial charge >= 0.3 is 0 Å². The molecule has 2 aromatic carbocycles. The summed E-state index contributed by atoms with van der Waals surface area (Å²) < 4.78 is 0. The molecule has 0 spiro atoms. The van der Waals surface area contributed by atoms with E-state index >= 15 is 0 Å². The molecule has 0 bridgehead atoms. The zero-order valence-corrected chi connectivity index (χ0v) is 15.4. The van der Waals surface area contributed by atoms with E-state index in [1.807, 2.05) is 0 Å². The molecule has 2 heteroatoms. The largest absolute Gasteiger partial charge is 0.233 e. The monoisotopic (exact) mass is 330 g/mol. The quantitative estimate of drug-likeness (QED) is 0.506. The van der Waals surface area contributed by atoms with Crippen LogP contribution in [0.3, 0.4) is 0 Å². The van der Waals surface area contributed by atoms with E-state index in [9.17, 15) is 0 Å². The molecule has 1 heterocycles. The van der Waals surface area contributed by atoms with Gasteiger partial charge in [0.1, 0.15) is 0 Å². The summed E-state index contributed by atoms with van der Waals surface area (Å²) in [5.41, 5.74) is 6.88. The average Bonchev–Trinajstić information content (AvgIpc) is 2.62. The van der Waals surface area contributed by atoms with E-state index < -0.39 is 0 Å². The number of hydrogen-bond acceptors (Lipinski definition) is 2. The van der Waals surface area contributed by atoms with Crippen LogP contribution < -0.4 is 0 Å². The standard InChI is InChI=1S/C23H26N2/c1-4-5-6-13-21-16-22(19-11-7-9-17(2)14-19)25-23(24-21)20-12-8-10-18(3)15-20/h7-12,14-16H,4-6,13H2,1-3H3. The molecular formula is C23H26N2. The smallest absolute Gasteiger partial charge is 0.160 e. The van der Waals surface area contributed by atoms with Gasteiger partial charge in [-0.2, -0.15) is 0 Å².